The third kappa shape index (κ3) is 1.55. The summed E-state index contributed by atoms with van der Waals surface area (Å²) in [6.07, 6.45) is 1.49. The van der Waals surface area contributed by atoms with Crippen molar-refractivity contribution in [3.8, 4) is 0 Å². The van der Waals surface area contributed by atoms with Crippen LogP contribution in [0.1, 0.15) is 0 Å². The Morgan fingerprint density at radius 3 is 2.53 bits per heavy atom. The Hall–Kier alpha value is -2.31. The van der Waals surface area contributed by atoms with Crippen LogP contribution < -0.4 is 11.2 Å². The molecule has 2 aromatic heterocycles. The van der Waals surface area contributed by atoms with E-state index in [2.05, 4.69) is 0 Å². The second kappa shape index (κ2) is 3.62. The molecule has 0 fully saturated rings. The second-order valence-corrected chi connectivity index (χ2v) is 3.78. The summed E-state index contributed by atoms with van der Waals surface area (Å²) in [5.41, 5.74) is -0.277. The zero-order valence-corrected chi connectivity index (χ0v) is 9.38. The molecule has 0 saturated heterocycles. The molecule has 0 amide bonds. The fourth-order valence-corrected chi connectivity index (χ4v) is 1.82. The first-order valence-electron chi connectivity index (χ1n) is 4.90. The summed E-state index contributed by atoms with van der Waals surface area (Å²) < 4.78 is 3.59. The van der Waals surface area contributed by atoms with E-state index in [4.69, 9.17) is 5.11 Å². The van der Waals surface area contributed by atoms with Crippen LogP contribution in [0.5, 0.6) is 0 Å². The highest BCUT2D eigenvalue weighted by atomic mass is 16.4. The van der Waals surface area contributed by atoms with E-state index >= 15 is 0 Å². The van der Waals surface area contributed by atoms with E-state index in [0.29, 0.717) is 5.52 Å². The van der Waals surface area contributed by atoms with Crippen molar-refractivity contribution in [1.82, 2.24) is 13.7 Å². The lowest BCUT2D eigenvalue weighted by molar-refractivity contribution is -0.137. The van der Waals surface area contributed by atoms with Gasteiger partial charge in [-0.3, -0.25) is 18.7 Å². The van der Waals surface area contributed by atoms with Crippen LogP contribution in [0.25, 0.3) is 11.0 Å². The van der Waals surface area contributed by atoms with Crippen molar-refractivity contribution < 1.29 is 9.90 Å². The Morgan fingerprint density at radius 2 is 1.94 bits per heavy atom. The van der Waals surface area contributed by atoms with E-state index in [1.165, 1.54) is 29.4 Å². The van der Waals surface area contributed by atoms with E-state index in [0.717, 1.165) is 4.57 Å². The molecular weight excluding hydrogens is 226 g/mol. The molecule has 0 radical (unpaired) electrons. The second-order valence-electron chi connectivity index (χ2n) is 3.78. The van der Waals surface area contributed by atoms with E-state index in [1.54, 1.807) is 6.07 Å². The summed E-state index contributed by atoms with van der Waals surface area (Å²) in [6, 6.07) is 1.56. The molecule has 0 saturated carbocycles. The number of nitrogens with zero attached hydrogens (tertiary/aromatic N) is 3. The largest absolute Gasteiger partial charge is 0.480 e. The number of hydrogen-bond donors (Lipinski definition) is 1. The molecule has 0 aliphatic carbocycles. The highest BCUT2D eigenvalue weighted by Crippen LogP contribution is 2.08. The van der Waals surface area contributed by atoms with Crippen molar-refractivity contribution in [2.24, 2.45) is 14.1 Å². The summed E-state index contributed by atoms with van der Waals surface area (Å²) >= 11 is 0. The SMILES string of the molecule is Cn1c(=O)c2c(ccn2CC(=O)O)n(C)c1=O. The Morgan fingerprint density at radius 1 is 1.29 bits per heavy atom. The number of aryl methyl sites for hydroxylation is 1. The number of aromatic nitrogens is 3. The average Bonchev–Trinajstić information content (AvgIpc) is 2.66. The van der Waals surface area contributed by atoms with Gasteiger partial charge in [-0.2, -0.15) is 0 Å². The van der Waals surface area contributed by atoms with Gasteiger partial charge in [0, 0.05) is 20.3 Å². The monoisotopic (exact) mass is 237 g/mol. The molecule has 17 heavy (non-hydrogen) atoms. The van der Waals surface area contributed by atoms with Crippen molar-refractivity contribution in [3.05, 3.63) is 33.1 Å². The number of fused-ring (bicyclic) bond motifs is 1. The number of carboxylic acid groups (broad SMARTS) is 1. The molecule has 0 spiro atoms. The molecule has 2 aromatic rings. The van der Waals surface area contributed by atoms with Crippen molar-refractivity contribution in [2.45, 2.75) is 6.54 Å². The minimum absolute atomic E-state index is 0.219. The van der Waals surface area contributed by atoms with Gasteiger partial charge in [-0.05, 0) is 6.07 Å². The maximum absolute atomic E-state index is 11.9. The van der Waals surface area contributed by atoms with Crippen molar-refractivity contribution in [3.63, 3.8) is 0 Å². The minimum Gasteiger partial charge on any atom is -0.480 e. The lowest BCUT2D eigenvalue weighted by atomic mass is 10.4. The van der Waals surface area contributed by atoms with Gasteiger partial charge in [-0.25, -0.2) is 4.79 Å². The summed E-state index contributed by atoms with van der Waals surface area (Å²) in [5.74, 6) is -1.04. The van der Waals surface area contributed by atoms with E-state index < -0.39 is 17.2 Å². The highest BCUT2D eigenvalue weighted by Gasteiger charge is 2.13. The zero-order chi connectivity index (χ0) is 12.7. The van der Waals surface area contributed by atoms with Gasteiger partial charge >= 0.3 is 11.7 Å². The Kier molecular flexibility index (Phi) is 2.38. The normalized spacial score (nSPS) is 10.9. The molecule has 0 atom stereocenters. The number of aliphatic carboxylic acids is 1. The number of hydrogen-bond acceptors (Lipinski definition) is 3. The zero-order valence-electron chi connectivity index (χ0n) is 9.38. The summed E-state index contributed by atoms with van der Waals surface area (Å²) in [5, 5.41) is 8.73. The van der Waals surface area contributed by atoms with Crippen molar-refractivity contribution in [1.29, 1.82) is 0 Å². The van der Waals surface area contributed by atoms with Crippen LogP contribution in [0.4, 0.5) is 0 Å². The first-order chi connectivity index (χ1) is 7.93. The highest BCUT2D eigenvalue weighted by molar-refractivity contribution is 5.77. The molecule has 2 rings (SSSR count). The smallest absolute Gasteiger partial charge is 0.331 e. The topological polar surface area (TPSA) is 86.2 Å². The molecule has 0 aliphatic heterocycles. The molecule has 0 aliphatic rings. The average molecular weight is 237 g/mol. The lowest BCUT2D eigenvalue weighted by Crippen LogP contribution is -2.37. The van der Waals surface area contributed by atoms with Crippen LogP contribution >= 0.6 is 0 Å². The molecule has 7 nitrogen and oxygen atoms in total. The third-order valence-electron chi connectivity index (χ3n) is 2.69. The van der Waals surface area contributed by atoms with Gasteiger partial charge in [0.1, 0.15) is 12.1 Å². The Bertz CT molecular complexity index is 719. The van der Waals surface area contributed by atoms with Crippen LogP contribution in [0, 0.1) is 0 Å². The van der Waals surface area contributed by atoms with Gasteiger partial charge in [0.2, 0.25) is 0 Å². The molecule has 0 bridgehead atoms. The van der Waals surface area contributed by atoms with Gasteiger partial charge in [0.05, 0.1) is 5.52 Å². The van der Waals surface area contributed by atoms with Gasteiger partial charge in [-0.15, -0.1) is 0 Å². The minimum atomic E-state index is -1.04. The standard InChI is InChI=1S/C10H11N3O4/c1-11-6-3-4-13(5-7(14)15)8(6)9(16)12(2)10(11)17/h3-4H,5H2,1-2H3,(H,14,15). The lowest BCUT2D eigenvalue weighted by Gasteiger charge is -2.05. The molecule has 0 aromatic carbocycles. The fourth-order valence-electron chi connectivity index (χ4n) is 1.82. The quantitative estimate of drug-likeness (QED) is 0.735. The molecule has 2 heterocycles. The van der Waals surface area contributed by atoms with E-state index in [-0.39, 0.29) is 12.1 Å². The third-order valence-corrected chi connectivity index (χ3v) is 2.69. The van der Waals surface area contributed by atoms with Gasteiger partial charge in [0.15, 0.2) is 0 Å². The molecule has 1 N–H and O–H groups in total. The molecule has 90 valence electrons. The molecular formula is C10H11N3O4. The fraction of sp³-hybridized carbons (Fsp3) is 0.300. The summed E-state index contributed by atoms with van der Waals surface area (Å²) in [6.45, 7) is -0.309. The van der Waals surface area contributed by atoms with Crippen LogP contribution in [-0.2, 0) is 25.4 Å². The van der Waals surface area contributed by atoms with Crippen LogP contribution in [0.2, 0.25) is 0 Å². The van der Waals surface area contributed by atoms with Crippen molar-refractivity contribution >= 4 is 17.0 Å². The van der Waals surface area contributed by atoms with E-state index in [1.807, 2.05) is 0 Å². The maximum Gasteiger partial charge on any atom is 0.331 e. The van der Waals surface area contributed by atoms with Crippen LogP contribution in [-0.4, -0.2) is 24.8 Å². The summed E-state index contributed by atoms with van der Waals surface area (Å²) in [4.78, 5) is 34.2. The maximum atomic E-state index is 11.9. The molecule has 0 unspecified atom stereocenters. The van der Waals surface area contributed by atoms with Crippen molar-refractivity contribution in [2.75, 3.05) is 0 Å². The van der Waals surface area contributed by atoms with Crippen LogP contribution in [0.15, 0.2) is 21.9 Å². The number of rotatable bonds is 2. The summed E-state index contributed by atoms with van der Waals surface area (Å²) in [7, 11) is 2.90. The number of carboxylic acids is 1. The van der Waals surface area contributed by atoms with Crippen LogP contribution in [0.3, 0.4) is 0 Å². The number of carbonyl (C=O) groups is 1. The Labute approximate surface area is 95.1 Å². The van der Waals surface area contributed by atoms with Gasteiger partial charge in [0.25, 0.3) is 5.56 Å². The molecule has 7 heteroatoms. The first-order valence-corrected chi connectivity index (χ1v) is 4.90. The first kappa shape index (κ1) is 11.2. The predicted octanol–water partition coefficient (Wildman–Crippen LogP) is -0.877. The predicted molar refractivity (Wildman–Crippen MR) is 60.1 cm³/mol. The van der Waals surface area contributed by atoms with Gasteiger partial charge < -0.3 is 9.67 Å². The Balaban J connectivity index is 2.90. The van der Waals surface area contributed by atoms with E-state index in [9.17, 15) is 14.4 Å². The van der Waals surface area contributed by atoms with Gasteiger partial charge in [-0.1, -0.05) is 0 Å².